The summed E-state index contributed by atoms with van der Waals surface area (Å²) in [5, 5.41) is 9.39. The molecule has 0 fully saturated rings. The minimum atomic E-state index is 0.229. The van der Waals surface area contributed by atoms with Gasteiger partial charge in [0.05, 0.1) is 25.2 Å². The molecule has 0 aliphatic rings. The topological polar surface area (TPSA) is 86.0 Å². The van der Waals surface area contributed by atoms with Crippen LogP contribution in [0.3, 0.4) is 0 Å². The number of nitrogens with zero attached hydrogens (tertiary/aromatic N) is 5. The second-order valence-electron chi connectivity index (χ2n) is 6.81. The molecule has 7 heteroatoms. The third kappa shape index (κ3) is 3.70. The Morgan fingerprint density at radius 1 is 1.07 bits per heavy atom. The Morgan fingerprint density at radius 2 is 1.89 bits per heavy atom. The summed E-state index contributed by atoms with van der Waals surface area (Å²) in [6, 6.07) is 11.0. The average molecular weight is 375 g/mol. The SMILES string of the molecule is CC(C)n1cnc2c(COCc3ccc(O)cc3)nc(-c3cccnc3)nc21. The third-order valence-electron chi connectivity index (χ3n) is 4.41. The fourth-order valence-electron chi connectivity index (χ4n) is 2.94. The van der Waals surface area contributed by atoms with Gasteiger partial charge < -0.3 is 14.4 Å². The van der Waals surface area contributed by atoms with Crippen LogP contribution in [-0.2, 0) is 18.0 Å². The Kier molecular flexibility index (Phi) is 4.99. The molecule has 4 aromatic rings. The number of aromatic hydroxyl groups is 1. The molecule has 0 unspecified atom stereocenters. The van der Waals surface area contributed by atoms with Crippen LogP contribution in [0, 0.1) is 0 Å². The highest BCUT2D eigenvalue weighted by Gasteiger charge is 2.16. The number of aromatic nitrogens is 5. The van der Waals surface area contributed by atoms with Gasteiger partial charge >= 0.3 is 0 Å². The summed E-state index contributed by atoms with van der Waals surface area (Å²) in [7, 11) is 0. The van der Waals surface area contributed by atoms with E-state index in [2.05, 4.69) is 23.8 Å². The second-order valence-corrected chi connectivity index (χ2v) is 6.81. The standard InChI is InChI=1S/C21H21N5O2/c1-14(2)26-13-23-19-18(12-28-11-15-5-7-17(27)8-6-15)24-20(25-21(19)26)16-4-3-9-22-10-16/h3-10,13-14,27H,11-12H2,1-2H3. The summed E-state index contributed by atoms with van der Waals surface area (Å²) < 4.78 is 7.91. The number of phenols is 1. The lowest BCUT2D eigenvalue weighted by atomic mass is 10.2. The molecule has 3 aromatic heterocycles. The van der Waals surface area contributed by atoms with Gasteiger partial charge in [0.25, 0.3) is 0 Å². The Balaban J connectivity index is 1.66. The molecule has 0 amide bonds. The smallest absolute Gasteiger partial charge is 0.164 e. The first kappa shape index (κ1) is 18.1. The van der Waals surface area contributed by atoms with Crippen molar-refractivity contribution in [2.24, 2.45) is 0 Å². The number of imidazole rings is 1. The zero-order chi connectivity index (χ0) is 19.5. The lowest BCUT2D eigenvalue weighted by Gasteiger charge is -2.10. The fraction of sp³-hybridized carbons (Fsp3) is 0.238. The molecular weight excluding hydrogens is 354 g/mol. The van der Waals surface area contributed by atoms with Gasteiger partial charge in [0.2, 0.25) is 0 Å². The van der Waals surface area contributed by atoms with E-state index in [-0.39, 0.29) is 11.8 Å². The summed E-state index contributed by atoms with van der Waals surface area (Å²) in [5.74, 6) is 0.841. The van der Waals surface area contributed by atoms with Crippen molar-refractivity contribution in [2.45, 2.75) is 33.1 Å². The van der Waals surface area contributed by atoms with Crippen molar-refractivity contribution in [3.05, 3.63) is 66.4 Å². The summed E-state index contributed by atoms with van der Waals surface area (Å²) in [5.41, 5.74) is 4.09. The van der Waals surface area contributed by atoms with Crippen molar-refractivity contribution in [3.63, 3.8) is 0 Å². The van der Waals surface area contributed by atoms with Crippen molar-refractivity contribution in [2.75, 3.05) is 0 Å². The van der Waals surface area contributed by atoms with E-state index in [1.54, 1.807) is 30.9 Å². The van der Waals surface area contributed by atoms with Crippen LogP contribution in [0.5, 0.6) is 5.75 Å². The summed E-state index contributed by atoms with van der Waals surface area (Å²) in [4.78, 5) is 18.1. The van der Waals surface area contributed by atoms with E-state index in [0.717, 1.165) is 28.0 Å². The molecule has 0 aliphatic carbocycles. The van der Waals surface area contributed by atoms with Crippen LogP contribution in [0.1, 0.15) is 31.1 Å². The van der Waals surface area contributed by atoms with Gasteiger partial charge in [-0.3, -0.25) is 4.98 Å². The van der Waals surface area contributed by atoms with Crippen molar-refractivity contribution in [3.8, 4) is 17.1 Å². The predicted molar refractivity (Wildman–Crippen MR) is 106 cm³/mol. The normalized spacial score (nSPS) is 11.4. The molecule has 142 valence electrons. The Hall–Kier alpha value is -3.32. The number of fused-ring (bicyclic) bond motifs is 1. The van der Waals surface area contributed by atoms with Gasteiger partial charge in [-0.25, -0.2) is 15.0 Å². The first-order valence-corrected chi connectivity index (χ1v) is 9.11. The first-order chi connectivity index (χ1) is 13.6. The zero-order valence-electron chi connectivity index (χ0n) is 15.8. The number of pyridine rings is 1. The highest BCUT2D eigenvalue weighted by atomic mass is 16.5. The molecule has 0 bridgehead atoms. The summed E-state index contributed by atoms with van der Waals surface area (Å²) in [6.07, 6.45) is 5.26. The third-order valence-corrected chi connectivity index (χ3v) is 4.41. The molecule has 1 N–H and O–H groups in total. The number of ether oxygens (including phenoxy) is 1. The van der Waals surface area contributed by atoms with E-state index in [4.69, 9.17) is 14.7 Å². The molecule has 1 aromatic carbocycles. The van der Waals surface area contributed by atoms with E-state index in [9.17, 15) is 5.11 Å². The van der Waals surface area contributed by atoms with E-state index < -0.39 is 0 Å². The number of hydrogen-bond donors (Lipinski definition) is 1. The van der Waals surface area contributed by atoms with E-state index in [0.29, 0.717) is 19.0 Å². The Labute approximate surface area is 162 Å². The summed E-state index contributed by atoms with van der Waals surface area (Å²) in [6.45, 7) is 4.91. The van der Waals surface area contributed by atoms with Crippen LogP contribution in [-0.4, -0.2) is 29.6 Å². The van der Waals surface area contributed by atoms with E-state index in [1.165, 1.54) is 0 Å². The number of rotatable bonds is 6. The lowest BCUT2D eigenvalue weighted by Crippen LogP contribution is -2.05. The van der Waals surface area contributed by atoms with Gasteiger partial charge in [-0.05, 0) is 43.7 Å². The van der Waals surface area contributed by atoms with Crippen LogP contribution in [0.15, 0.2) is 55.1 Å². The second kappa shape index (κ2) is 7.74. The maximum atomic E-state index is 9.39. The van der Waals surface area contributed by atoms with Gasteiger partial charge in [-0.15, -0.1) is 0 Å². The lowest BCUT2D eigenvalue weighted by molar-refractivity contribution is 0.105. The number of benzene rings is 1. The van der Waals surface area contributed by atoms with Crippen LogP contribution < -0.4 is 0 Å². The predicted octanol–water partition coefficient (Wildman–Crippen LogP) is 3.89. The van der Waals surface area contributed by atoms with Crippen molar-refractivity contribution in [1.82, 2.24) is 24.5 Å². The Bertz CT molecular complexity index is 1080. The van der Waals surface area contributed by atoms with Gasteiger partial charge in [-0.1, -0.05) is 12.1 Å². The van der Waals surface area contributed by atoms with E-state index >= 15 is 0 Å². The molecular formula is C21H21N5O2. The fourth-order valence-corrected chi connectivity index (χ4v) is 2.94. The highest BCUT2D eigenvalue weighted by molar-refractivity contribution is 5.76. The average Bonchev–Trinajstić information content (AvgIpc) is 3.14. The van der Waals surface area contributed by atoms with Crippen LogP contribution in [0.4, 0.5) is 0 Å². The zero-order valence-corrected chi connectivity index (χ0v) is 15.8. The van der Waals surface area contributed by atoms with Crippen LogP contribution in [0.25, 0.3) is 22.6 Å². The maximum absolute atomic E-state index is 9.39. The van der Waals surface area contributed by atoms with Gasteiger partial charge in [0.15, 0.2) is 11.5 Å². The first-order valence-electron chi connectivity index (χ1n) is 9.11. The highest BCUT2D eigenvalue weighted by Crippen LogP contribution is 2.23. The maximum Gasteiger partial charge on any atom is 0.164 e. The molecule has 7 nitrogen and oxygen atoms in total. The molecule has 3 heterocycles. The molecule has 0 atom stereocenters. The quantitative estimate of drug-likeness (QED) is 0.550. The van der Waals surface area contributed by atoms with Crippen molar-refractivity contribution >= 4 is 11.2 Å². The largest absolute Gasteiger partial charge is 0.508 e. The summed E-state index contributed by atoms with van der Waals surface area (Å²) >= 11 is 0. The number of phenolic OH excluding ortho intramolecular Hbond substituents is 1. The van der Waals surface area contributed by atoms with E-state index in [1.807, 2.05) is 28.8 Å². The van der Waals surface area contributed by atoms with Crippen LogP contribution in [0.2, 0.25) is 0 Å². The number of hydrogen-bond acceptors (Lipinski definition) is 6. The minimum Gasteiger partial charge on any atom is -0.508 e. The Morgan fingerprint density at radius 3 is 2.61 bits per heavy atom. The van der Waals surface area contributed by atoms with Gasteiger partial charge in [-0.2, -0.15) is 0 Å². The van der Waals surface area contributed by atoms with Gasteiger partial charge in [0, 0.05) is 24.0 Å². The van der Waals surface area contributed by atoms with Crippen molar-refractivity contribution < 1.29 is 9.84 Å². The van der Waals surface area contributed by atoms with Crippen LogP contribution >= 0.6 is 0 Å². The molecule has 0 radical (unpaired) electrons. The van der Waals surface area contributed by atoms with Crippen molar-refractivity contribution in [1.29, 1.82) is 0 Å². The molecule has 28 heavy (non-hydrogen) atoms. The van der Waals surface area contributed by atoms with Gasteiger partial charge in [0.1, 0.15) is 11.3 Å². The monoisotopic (exact) mass is 375 g/mol. The minimum absolute atomic E-state index is 0.229. The molecule has 0 saturated heterocycles. The molecule has 4 rings (SSSR count). The molecule has 0 spiro atoms. The molecule has 0 aliphatic heterocycles. The molecule has 0 saturated carbocycles.